The van der Waals surface area contributed by atoms with Crippen molar-refractivity contribution in [2.45, 2.75) is 31.3 Å². The van der Waals surface area contributed by atoms with E-state index in [1.807, 2.05) is 30.3 Å². The molecule has 2 aliphatic rings. The van der Waals surface area contributed by atoms with Gasteiger partial charge in [-0.1, -0.05) is 72.3 Å². The first-order chi connectivity index (χ1) is 15.2. The summed E-state index contributed by atoms with van der Waals surface area (Å²) in [5.74, 6) is -0.193. The van der Waals surface area contributed by atoms with Crippen molar-refractivity contribution in [1.82, 2.24) is 16.3 Å². The third-order valence-corrected chi connectivity index (χ3v) is 6.18. The number of hydrogen-bond acceptors (Lipinski definition) is 4. The highest BCUT2D eigenvalue weighted by molar-refractivity contribution is 6.41. The lowest BCUT2D eigenvalue weighted by Gasteiger charge is -2.14. The zero-order valence-corrected chi connectivity index (χ0v) is 17.7. The van der Waals surface area contributed by atoms with Gasteiger partial charge in [-0.05, 0) is 58.4 Å². The lowest BCUT2D eigenvalue weighted by Crippen LogP contribution is -2.41. The zero-order valence-electron chi connectivity index (χ0n) is 16.9. The Kier molecular flexibility index (Phi) is 5.55. The number of amides is 1. The predicted molar refractivity (Wildman–Crippen MR) is 126 cm³/mol. The molecule has 0 bridgehead atoms. The molecule has 0 spiro atoms. The molecule has 1 aliphatic carbocycles. The van der Waals surface area contributed by atoms with Crippen LogP contribution in [-0.2, 0) is 17.6 Å². The molecule has 31 heavy (non-hydrogen) atoms. The Balaban J connectivity index is 1.24. The highest BCUT2D eigenvalue weighted by atomic mass is 35.5. The van der Waals surface area contributed by atoms with Crippen LogP contribution in [0.25, 0.3) is 16.8 Å². The van der Waals surface area contributed by atoms with Crippen LogP contribution in [0.3, 0.4) is 0 Å². The number of hydrogen-bond donors (Lipinski definition) is 3. The van der Waals surface area contributed by atoms with Crippen LogP contribution in [0.15, 0.2) is 70.8 Å². The number of nitrogens with one attached hydrogen (secondary N) is 3. The van der Waals surface area contributed by atoms with E-state index in [0.717, 1.165) is 18.4 Å². The van der Waals surface area contributed by atoms with Crippen molar-refractivity contribution in [3.05, 3.63) is 87.9 Å². The van der Waals surface area contributed by atoms with Gasteiger partial charge in [0.05, 0.1) is 11.2 Å². The summed E-state index contributed by atoms with van der Waals surface area (Å²) in [4.78, 5) is 12.6. The summed E-state index contributed by atoms with van der Waals surface area (Å²) in [6.45, 7) is 0. The van der Waals surface area contributed by atoms with Crippen LogP contribution in [-0.4, -0.2) is 18.2 Å². The maximum Gasteiger partial charge on any atom is 0.258 e. The third-order valence-electron chi connectivity index (χ3n) is 5.97. The first-order valence-electron chi connectivity index (χ1n) is 10.5. The van der Waals surface area contributed by atoms with E-state index in [2.05, 4.69) is 51.7 Å². The monoisotopic (exact) mass is 430 g/mol. The molecule has 5 rings (SSSR count). The maximum absolute atomic E-state index is 12.6. The van der Waals surface area contributed by atoms with Crippen LogP contribution in [0.2, 0.25) is 0 Å². The largest absolute Gasteiger partial charge is 0.271 e. The summed E-state index contributed by atoms with van der Waals surface area (Å²) in [6.07, 6.45) is 6.09. The minimum atomic E-state index is -0.373. The first-order valence-corrected chi connectivity index (χ1v) is 10.9. The molecule has 5 nitrogen and oxygen atoms in total. The van der Waals surface area contributed by atoms with Gasteiger partial charge in [0, 0.05) is 6.04 Å². The smallest absolute Gasteiger partial charge is 0.258 e. The molecule has 1 amide bonds. The van der Waals surface area contributed by atoms with E-state index in [0.29, 0.717) is 11.5 Å². The van der Waals surface area contributed by atoms with E-state index < -0.39 is 0 Å². The molecule has 0 aromatic heterocycles. The Morgan fingerprint density at radius 1 is 1.00 bits per heavy atom. The van der Waals surface area contributed by atoms with Crippen molar-refractivity contribution < 1.29 is 4.79 Å². The fraction of sp³-hybridized carbons (Fsp3) is 0.200. The van der Waals surface area contributed by atoms with Gasteiger partial charge in [-0.15, -0.1) is 0 Å². The van der Waals surface area contributed by atoms with Gasteiger partial charge in [0.15, 0.2) is 0 Å². The van der Waals surface area contributed by atoms with E-state index in [-0.39, 0.29) is 18.0 Å². The van der Waals surface area contributed by atoms with Crippen molar-refractivity contribution in [3.8, 4) is 0 Å². The zero-order chi connectivity index (χ0) is 21.2. The Hall–Kier alpha value is -2.99. The van der Waals surface area contributed by atoms with Crippen LogP contribution in [0, 0.1) is 0 Å². The third kappa shape index (κ3) is 4.12. The van der Waals surface area contributed by atoms with Crippen molar-refractivity contribution >= 4 is 40.6 Å². The van der Waals surface area contributed by atoms with E-state index in [1.54, 1.807) is 6.08 Å². The standard InChI is InChI=1S/C25H23ClN4O/c26-19(13-16-5-2-1-3-6-16)15-27-30-25(31)23-14-22(28-29-23)20-12-11-18-10-9-17-7-4-8-21(20)24(17)18/h1-8,11-13,15,22-23,28-29H,9-10,14H2,(H,30,31)/b19-13-,27-15+. The summed E-state index contributed by atoms with van der Waals surface area (Å²) in [5.41, 5.74) is 14.0. The van der Waals surface area contributed by atoms with Crippen LogP contribution in [0.4, 0.5) is 0 Å². The SMILES string of the molecule is O=C(N/N=C/C(Cl)=C/c1ccccc1)C1CC(c2ccc3c4c(cccc24)CC3)NN1. The first kappa shape index (κ1) is 19.9. The van der Waals surface area contributed by atoms with Gasteiger partial charge in [-0.2, -0.15) is 5.10 Å². The average Bonchev–Trinajstić information content (AvgIpc) is 3.44. The molecule has 6 heteroatoms. The number of carbonyl (C=O) groups is 1. The summed E-state index contributed by atoms with van der Waals surface area (Å²) in [7, 11) is 0. The minimum absolute atomic E-state index is 0.0613. The molecule has 2 unspecified atom stereocenters. The lowest BCUT2D eigenvalue weighted by molar-refractivity contribution is -0.122. The number of nitrogens with zero attached hydrogens (tertiary/aromatic N) is 1. The quantitative estimate of drug-likeness (QED) is 0.419. The lowest BCUT2D eigenvalue weighted by atomic mass is 9.93. The summed E-state index contributed by atoms with van der Waals surface area (Å²) < 4.78 is 0. The van der Waals surface area contributed by atoms with Crippen molar-refractivity contribution in [1.29, 1.82) is 0 Å². The second-order valence-electron chi connectivity index (χ2n) is 7.96. The maximum atomic E-state index is 12.6. The summed E-state index contributed by atoms with van der Waals surface area (Å²) in [6, 6.07) is 20.4. The number of hydrazine groups is 1. The normalized spacial score (nSPS) is 20.6. The van der Waals surface area contributed by atoms with Crippen molar-refractivity contribution in [2.24, 2.45) is 5.10 Å². The molecule has 156 valence electrons. The van der Waals surface area contributed by atoms with Crippen LogP contribution in [0.5, 0.6) is 0 Å². The van der Waals surface area contributed by atoms with Gasteiger partial charge in [0.25, 0.3) is 5.91 Å². The van der Waals surface area contributed by atoms with E-state index in [4.69, 9.17) is 11.6 Å². The summed E-state index contributed by atoms with van der Waals surface area (Å²) >= 11 is 6.18. The number of carbonyl (C=O) groups excluding carboxylic acids is 1. The van der Waals surface area contributed by atoms with Crippen molar-refractivity contribution in [3.63, 3.8) is 0 Å². The van der Waals surface area contributed by atoms with Crippen LogP contribution < -0.4 is 16.3 Å². The summed E-state index contributed by atoms with van der Waals surface area (Å²) in [5, 5.41) is 7.11. The fourth-order valence-corrected chi connectivity index (χ4v) is 4.66. The van der Waals surface area contributed by atoms with Gasteiger partial charge in [0.2, 0.25) is 0 Å². The number of rotatable bonds is 5. The topological polar surface area (TPSA) is 65.5 Å². The van der Waals surface area contributed by atoms with Gasteiger partial charge in [-0.25, -0.2) is 16.3 Å². The number of allylic oxidation sites excluding steroid dienone is 1. The highest BCUT2D eigenvalue weighted by Gasteiger charge is 2.31. The van der Waals surface area contributed by atoms with E-state index in [9.17, 15) is 4.79 Å². The Morgan fingerprint density at radius 3 is 2.65 bits per heavy atom. The van der Waals surface area contributed by atoms with E-state index >= 15 is 0 Å². The van der Waals surface area contributed by atoms with E-state index in [1.165, 1.54) is 33.7 Å². The number of benzene rings is 3. The van der Waals surface area contributed by atoms with Crippen LogP contribution in [0.1, 0.15) is 34.7 Å². The molecule has 1 aliphatic heterocycles. The highest BCUT2D eigenvalue weighted by Crippen LogP contribution is 2.36. The Labute approximate surface area is 186 Å². The molecule has 1 saturated heterocycles. The van der Waals surface area contributed by atoms with Gasteiger partial charge >= 0.3 is 0 Å². The minimum Gasteiger partial charge on any atom is -0.271 e. The second kappa shape index (κ2) is 8.63. The molecule has 1 heterocycles. The second-order valence-corrected chi connectivity index (χ2v) is 8.39. The molecule has 3 aromatic carbocycles. The fourth-order valence-electron chi connectivity index (χ4n) is 4.49. The molecule has 0 radical (unpaired) electrons. The van der Waals surface area contributed by atoms with Gasteiger partial charge in [-0.3, -0.25) is 4.79 Å². The molecular weight excluding hydrogens is 408 g/mol. The molecule has 3 N–H and O–H groups in total. The molecule has 1 fully saturated rings. The average molecular weight is 431 g/mol. The molecule has 2 atom stereocenters. The Bertz CT molecular complexity index is 1180. The van der Waals surface area contributed by atoms with Crippen molar-refractivity contribution in [2.75, 3.05) is 0 Å². The number of halogens is 1. The predicted octanol–water partition coefficient (Wildman–Crippen LogP) is 4.23. The molecule has 3 aromatic rings. The molecular formula is C25H23ClN4O. The molecule has 0 saturated carbocycles. The number of hydrazone groups is 1. The number of aryl methyl sites for hydroxylation is 2. The Morgan fingerprint density at radius 2 is 1.81 bits per heavy atom. The van der Waals surface area contributed by atoms with Gasteiger partial charge < -0.3 is 0 Å². The van der Waals surface area contributed by atoms with Gasteiger partial charge in [0.1, 0.15) is 6.04 Å². The van der Waals surface area contributed by atoms with Crippen LogP contribution >= 0.6 is 11.6 Å².